The lowest BCUT2D eigenvalue weighted by molar-refractivity contribution is -0.124. The third kappa shape index (κ3) is 4.40. The highest BCUT2D eigenvalue weighted by molar-refractivity contribution is 7.93. The molecule has 2 aromatic carbocycles. The molecule has 3 rings (SSSR count). The second kappa shape index (κ2) is 8.70. The second-order valence-corrected chi connectivity index (χ2v) is 10.6. The van der Waals surface area contributed by atoms with Gasteiger partial charge in [-0.1, -0.05) is 49.2 Å². The fraction of sp³-hybridized carbons (Fsp3) is 0.458. The van der Waals surface area contributed by atoms with Crippen molar-refractivity contribution in [2.45, 2.75) is 75.0 Å². The second-order valence-electron chi connectivity index (χ2n) is 8.35. The molecule has 5 heteroatoms. The maximum Gasteiger partial charge on any atom is 0.242 e. The summed E-state index contributed by atoms with van der Waals surface area (Å²) in [6, 6.07) is 15.2. The molecule has 0 heterocycles. The van der Waals surface area contributed by atoms with Crippen molar-refractivity contribution in [1.82, 2.24) is 5.32 Å². The number of nitrogens with one attached hydrogen (secondary N) is 1. The van der Waals surface area contributed by atoms with Gasteiger partial charge >= 0.3 is 0 Å². The van der Waals surface area contributed by atoms with Crippen LogP contribution in [0.15, 0.2) is 53.4 Å². The fourth-order valence-corrected chi connectivity index (χ4v) is 6.29. The zero-order chi connectivity index (χ0) is 21.1. The third-order valence-corrected chi connectivity index (χ3v) is 8.71. The smallest absolute Gasteiger partial charge is 0.242 e. The summed E-state index contributed by atoms with van der Waals surface area (Å²) in [5.74, 6) is -0.339. The number of benzene rings is 2. The van der Waals surface area contributed by atoms with E-state index in [-0.39, 0.29) is 16.8 Å². The number of hydrogen-bond acceptors (Lipinski definition) is 3. The van der Waals surface area contributed by atoms with Gasteiger partial charge in [-0.05, 0) is 75.3 Å². The minimum atomic E-state index is -3.76. The Bertz CT molecular complexity index is 961. The Morgan fingerprint density at radius 1 is 1.03 bits per heavy atom. The quantitative estimate of drug-likeness (QED) is 0.725. The van der Waals surface area contributed by atoms with Gasteiger partial charge in [0, 0.05) is 6.04 Å². The number of sulfone groups is 1. The summed E-state index contributed by atoms with van der Waals surface area (Å²) in [5.41, 5.74) is 3.19. The van der Waals surface area contributed by atoms with E-state index in [1.807, 2.05) is 45.0 Å². The van der Waals surface area contributed by atoms with Crippen LogP contribution in [0.5, 0.6) is 0 Å². The van der Waals surface area contributed by atoms with Crippen LogP contribution in [-0.2, 0) is 21.1 Å². The topological polar surface area (TPSA) is 63.2 Å². The van der Waals surface area contributed by atoms with Gasteiger partial charge in [0.2, 0.25) is 5.91 Å². The van der Waals surface area contributed by atoms with Gasteiger partial charge in [-0.2, -0.15) is 0 Å². The Labute approximate surface area is 174 Å². The summed E-state index contributed by atoms with van der Waals surface area (Å²) < 4.78 is 25.8. The van der Waals surface area contributed by atoms with Crippen molar-refractivity contribution in [1.29, 1.82) is 0 Å². The number of rotatable bonds is 7. The molecule has 0 saturated heterocycles. The fourth-order valence-electron chi connectivity index (χ4n) is 4.13. The first-order valence-corrected chi connectivity index (χ1v) is 11.9. The maximum absolute atomic E-state index is 13.6. The number of carbonyl (C=O) groups excluding carboxylic acids is 1. The van der Waals surface area contributed by atoms with Crippen LogP contribution in [0.25, 0.3) is 0 Å². The van der Waals surface area contributed by atoms with Gasteiger partial charge in [-0.25, -0.2) is 8.42 Å². The van der Waals surface area contributed by atoms with Gasteiger partial charge in [0.15, 0.2) is 14.6 Å². The lowest BCUT2D eigenvalue weighted by Crippen LogP contribution is -2.52. The van der Waals surface area contributed by atoms with Crippen LogP contribution in [-0.4, -0.2) is 25.1 Å². The Balaban J connectivity index is 1.78. The predicted molar refractivity (Wildman–Crippen MR) is 117 cm³/mol. The summed E-state index contributed by atoms with van der Waals surface area (Å²) in [6.45, 7) is 5.81. The normalized spacial score (nSPS) is 17.1. The van der Waals surface area contributed by atoms with Gasteiger partial charge in [-0.15, -0.1) is 0 Å². The standard InChI is InChI=1S/C24H31NO3S/c1-18-11-14-22(17-19(18)2)29(27,28)24(15-7-8-16-24)23(26)25-20(3)12-13-21-9-5-4-6-10-21/h4-6,9-11,14,17,20H,7-8,12-13,15-16H2,1-3H3,(H,25,26)/t20-/m0/s1. The molecule has 1 aliphatic carbocycles. The van der Waals surface area contributed by atoms with Crippen LogP contribution >= 0.6 is 0 Å². The van der Waals surface area contributed by atoms with Crippen molar-refractivity contribution in [2.24, 2.45) is 0 Å². The van der Waals surface area contributed by atoms with E-state index in [0.29, 0.717) is 12.8 Å². The molecule has 0 aliphatic heterocycles. The average molecular weight is 414 g/mol. The highest BCUT2D eigenvalue weighted by atomic mass is 32.2. The van der Waals surface area contributed by atoms with E-state index in [1.54, 1.807) is 12.1 Å². The first-order chi connectivity index (χ1) is 13.8. The van der Waals surface area contributed by atoms with E-state index in [9.17, 15) is 13.2 Å². The monoisotopic (exact) mass is 413 g/mol. The molecular formula is C24H31NO3S. The van der Waals surface area contributed by atoms with Crippen LogP contribution in [0.1, 0.15) is 55.7 Å². The SMILES string of the molecule is Cc1ccc(S(=O)(=O)C2(C(=O)N[C@@H](C)CCc3ccccc3)CCCC2)cc1C. The van der Waals surface area contributed by atoms with Crippen molar-refractivity contribution >= 4 is 15.7 Å². The van der Waals surface area contributed by atoms with Crippen molar-refractivity contribution in [3.8, 4) is 0 Å². The maximum atomic E-state index is 13.6. The van der Waals surface area contributed by atoms with Crippen LogP contribution in [0, 0.1) is 13.8 Å². The average Bonchev–Trinajstić information content (AvgIpc) is 3.21. The molecule has 1 atom stereocenters. The van der Waals surface area contributed by atoms with Gasteiger partial charge in [-0.3, -0.25) is 4.79 Å². The largest absolute Gasteiger partial charge is 0.352 e. The molecule has 2 aromatic rings. The van der Waals surface area contributed by atoms with Crippen LogP contribution in [0.4, 0.5) is 0 Å². The van der Waals surface area contributed by atoms with E-state index < -0.39 is 14.6 Å². The minimum absolute atomic E-state index is 0.0878. The number of hydrogen-bond donors (Lipinski definition) is 1. The lowest BCUT2D eigenvalue weighted by atomic mass is 10.0. The predicted octanol–water partition coefficient (Wildman–Crippen LogP) is 4.53. The molecule has 1 aliphatic rings. The molecule has 1 N–H and O–H groups in total. The molecular weight excluding hydrogens is 382 g/mol. The molecule has 0 spiro atoms. The van der Waals surface area contributed by atoms with E-state index in [4.69, 9.17) is 0 Å². The highest BCUT2D eigenvalue weighted by Gasteiger charge is 2.53. The molecule has 1 saturated carbocycles. The van der Waals surface area contributed by atoms with E-state index in [1.165, 1.54) is 5.56 Å². The van der Waals surface area contributed by atoms with Gasteiger partial charge < -0.3 is 5.32 Å². The Kier molecular flexibility index (Phi) is 6.47. The molecule has 1 amide bonds. The first-order valence-electron chi connectivity index (χ1n) is 10.4. The molecule has 0 unspecified atom stereocenters. The third-order valence-electron chi connectivity index (χ3n) is 6.21. The van der Waals surface area contributed by atoms with Crippen molar-refractivity contribution in [3.05, 3.63) is 65.2 Å². The molecule has 0 bridgehead atoms. The zero-order valence-corrected chi connectivity index (χ0v) is 18.4. The van der Waals surface area contributed by atoms with Gasteiger partial charge in [0.05, 0.1) is 4.90 Å². The van der Waals surface area contributed by atoms with E-state index >= 15 is 0 Å². The molecule has 29 heavy (non-hydrogen) atoms. The summed E-state index contributed by atoms with van der Waals surface area (Å²) in [5, 5.41) is 3.02. The van der Waals surface area contributed by atoms with Crippen LogP contribution in [0.3, 0.4) is 0 Å². The first kappa shape index (κ1) is 21.6. The summed E-state index contributed by atoms with van der Waals surface area (Å²) >= 11 is 0. The number of amides is 1. The Morgan fingerprint density at radius 2 is 1.69 bits per heavy atom. The Morgan fingerprint density at radius 3 is 2.31 bits per heavy atom. The molecule has 0 radical (unpaired) electrons. The minimum Gasteiger partial charge on any atom is -0.352 e. The van der Waals surface area contributed by atoms with Gasteiger partial charge in [0.25, 0.3) is 0 Å². The zero-order valence-electron chi connectivity index (χ0n) is 17.6. The highest BCUT2D eigenvalue weighted by Crippen LogP contribution is 2.41. The van der Waals surface area contributed by atoms with Crippen LogP contribution in [0.2, 0.25) is 0 Å². The van der Waals surface area contributed by atoms with E-state index in [0.717, 1.165) is 36.8 Å². The van der Waals surface area contributed by atoms with Gasteiger partial charge in [0.1, 0.15) is 0 Å². The molecule has 0 aromatic heterocycles. The van der Waals surface area contributed by atoms with Crippen LogP contribution < -0.4 is 5.32 Å². The molecule has 4 nitrogen and oxygen atoms in total. The summed E-state index contributed by atoms with van der Waals surface area (Å²) in [4.78, 5) is 13.5. The van der Waals surface area contributed by atoms with Crippen molar-refractivity contribution in [2.75, 3.05) is 0 Å². The molecule has 156 valence electrons. The Hall–Kier alpha value is -2.14. The van der Waals surface area contributed by atoms with Crippen molar-refractivity contribution < 1.29 is 13.2 Å². The summed E-state index contributed by atoms with van der Waals surface area (Å²) in [6.07, 6.45) is 3.92. The summed E-state index contributed by atoms with van der Waals surface area (Å²) in [7, 11) is -3.76. The lowest BCUT2D eigenvalue weighted by Gasteiger charge is -2.29. The molecule has 1 fully saturated rings. The number of aryl methyl sites for hydroxylation is 3. The van der Waals surface area contributed by atoms with E-state index in [2.05, 4.69) is 17.4 Å². The number of carbonyl (C=O) groups is 1. The van der Waals surface area contributed by atoms with Crippen molar-refractivity contribution in [3.63, 3.8) is 0 Å².